The van der Waals surface area contributed by atoms with Gasteiger partial charge in [0.25, 0.3) is 10.0 Å². The molecule has 0 spiro atoms. The molecule has 0 radical (unpaired) electrons. The van der Waals surface area contributed by atoms with Crippen molar-refractivity contribution in [3.8, 4) is 11.4 Å². The molecule has 1 N–H and O–H groups in total. The van der Waals surface area contributed by atoms with Gasteiger partial charge in [-0.3, -0.25) is 9.62 Å². The summed E-state index contributed by atoms with van der Waals surface area (Å²) in [7, 11) is -1.68. The fourth-order valence-electron chi connectivity index (χ4n) is 3.40. The molecule has 2 aromatic carbocycles. The number of nitrogens with zero attached hydrogens (tertiary/aromatic N) is 4. The zero-order chi connectivity index (χ0) is 22.6. The minimum atomic E-state index is -3.63. The second kappa shape index (κ2) is 10.0. The number of aryl methyl sites for hydroxylation is 1. The fraction of sp³-hybridized carbons (Fsp3) is 0.364. The standard InChI is InChI=1S/C22H27N5O3S2/c1-17-3-9-20(10-4-17)32(28,29)25-19-7-5-18(6-8-19)21-23-24-22(26(21)2)31-16-13-27-11-14-30-15-12-27/h3-10,25H,11-16H2,1-2H3. The third-order valence-electron chi connectivity index (χ3n) is 5.30. The number of nitrogens with one attached hydrogen (secondary N) is 1. The molecule has 2 heterocycles. The van der Waals surface area contributed by atoms with E-state index in [1.165, 1.54) is 0 Å². The van der Waals surface area contributed by atoms with E-state index in [9.17, 15) is 8.42 Å². The predicted octanol–water partition coefficient (Wildman–Crippen LogP) is 3.02. The predicted molar refractivity (Wildman–Crippen MR) is 126 cm³/mol. The maximum Gasteiger partial charge on any atom is 0.261 e. The summed E-state index contributed by atoms with van der Waals surface area (Å²) in [5.74, 6) is 1.68. The van der Waals surface area contributed by atoms with Crippen molar-refractivity contribution in [1.29, 1.82) is 0 Å². The summed E-state index contributed by atoms with van der Waals surface area (Å²) in [6.07, 6.45) is 0. The van der Waals surface area contributed by atoms with Crippen molar-refractivity contribution < 1.29 is 13.2 Å². The number of hydrogen-bond donors (Lipinski definition) is 1. The Labute approximate surface area is 193 Å². The first-order chi connectivity index (χ1) is 15.4. The largest absolute Gasteiger partial charge is 0.379 e. The van der Waals surface area contributed by atoms with Gasteiger partial charge in [0.15, 0.2) is 11.0 Å². The lowest BCUT2D eigenvalue weighted by Crippen LogP contribution is -2.37. The molecule has 1 aliphatic heterocycles. The lowest BCUT2D eigenvalue weighted by molar-refractivity contribution is 0.0410. The van der Waals surface area contributed by atoms with Gasteiger partial charge in [-0.25, -0.2) is 8.42 Å². The van der Waals surface area contributed by atoms with Crippen molar-refractivity contribution in [2.45, 2.75) is 17.0 Å². The zero-order valence-electron chi connectivity index (χ0n) is 18.2. The molecule has 0 amide bonds. The summed E-state index contributed by atoms with van der Waals surface area (Å²) < 4.78 is 35.2. The third-order valence-corrected chi connectivity index (χ3v) is 7.70. The monoisotopic (exact) mass is 473 g/mol. The Hall–Kier alpha value is -2.40. The summed E-state index contributed by atoms with van der Waals surface area (Å²) in [5, 5.41) is 9.51. The minimum Gasteiger partial charge on any atom is -0.379 e. The van der Waals surface area contributed by atoms with E-state index in [0.717, 1.165) is 60.7 Å². The van der Waals surface area contributed by atoms with Crippen molar-refractivity contribution in [3.63, 3.8) is 0 Å². The van der Waals surface area contributed by atoms with Gasteiger partial charge < -0.3 is 9.30 Å². The van der Waals surface area contributed by atoms with Gasteiger partial charge >= 0.3 is 0 Å². The van der Waals surface area contributed by atoms with Crippen LogP contribution in [0.5, 0.6) is 0 Å². The number of morpholine rings is 1. The summed E-state index contributed by atoms with van der Waals surface area (Å²) in [4.78, 5) is 2.63. The molecule has 0 saturated carbocycles. The van der Waals surface area contributed by atoms with Crippen molar-refractivity contribution in [2.75, 3.05) is 43.3 Å². The van der Waals surface area contributed by atoms with E-state index in [1.807, 2.05) is 30.7 Å². The van der Waals surface area contributed by atoms with Crippen molar-refractivity contribution >= 4 is 27.5 Å². The molecule has 1 fully saturated rings. The Kier molecular flexibility index (Phi) is 7.14. The molecule has 0 aliphatic carbocycles. The first-order valence-electron chi connectivity index (χ1n) is 10.4. The quantitative estimate of drug-likeness (QED) is 0.503. The van der Waals surface area contributed by atoms with E-state index < -0.39 is 10.0 Å². The minimum absolute atomic E-state index is 0.235. The average molecular weight is 474 g/mol. The van der Waals surface area contributed by atoms with E-state index in [-0.39, 0.29) is 4.90 Å². The van der Waals surface area contributed by atoms with Crippen LogP contribution >= 0.6 is 11.8 Å². The van der Waals surface area contributed by atoms with Gasteiger partial charge in [0.2, 0.25) is 0 Å². The maximum atomic E-state index is 12.6. The number of benzene rings is 2. The topological polar surface area (TPSA) is 89.3 Å². The highest BCUT2D eigenvalue weighted by Gasteiger charge is 2.16. The number of thioether (sulfide) groups is 1. The number of sulfonamides is 1. The number of rotatable bonds is 8. The van der Waals surface area contributed by atoms with Crippen LogP contribution in [0.15, 0.2) is 58.6 Å². The molecular formula is C22H27N5O3S2. The summed E-state index contributed by atoms with van der Waals surface area (Å²) in [6, 6.07) is 13.9. The number of hydrogen-bond acceptors (Lipinski definition) is 7. The van der Waals surface area contributed by atoms with Crippen molar-refractivity contribution in [3.05, 3.63) is 54.1 Å². The highest BCUT2D eigenvalue weighted by molar-refractivity contribution is 7.99. The van der Waals surface area contributed by atoms with Gasteiger partial charge in [-0.2, -0.15) is 0 Å². The first kappa shape index (κ1) is 22.8. The summed E-state index contributed by atoms with van der Waals surface area (Å²) in [6.45, 7) is 6.47. The molecule has 170 valence electrons. The molecule has 8 nitrogen and oxygen atoms in total. The summed E-state index contributed by atoms with van der Waals surface area (Å²) in [5.41, 5.74) is 2.38. The van der Waals surface area contributed by atoms with E-state index in [4.69, 9.17) is 4.74 Å². The van der Waals surface area contributed by atoms with Crippen LogP contribution in [-0.4, -0.2) is 66.7 Å². The van der Waals surface area contributed by atoms with Crippen LogP contribution in [-0.2, 0) is 21.8 Å². The highest BCUT2D eigenvalue weighted by atomic mass is 32.2. The van der Waals surface area contributed by atoms with Crippen molar-refractivity contribution in [1.82, 2.24) is 19.7 Å². The molecule has 0 bridgehead atoms. The van der Waals surface area contributed by atoms with Gasteiger partial charge in [-0.1, -0.05) is 29.5 Å². The third kappa shape index (κ3) is 5.50. The van der Waals surface area contributed by atoms with Crippen LogP contribution in [0.4, 0.5) is 5.69 Å². The average Bonchev–Trinajstić information content (AvgIpc) is 3.15. The maximum absolute atomic E-state index is 12.6. The zero-order valence-corrected chi connectivity index (χ0v) is 19.8. The normalized spacial score (nSPS) is 15.1. The lowest BCUT2D eigenvalue weighted by Gasteiger charge is -2.26. The fourth-order valence-corrected chi connectivity index (χ4v) is 5.37. The second-order valence-corrected chi connectivity index (χ2v) is 10.4. The van der Waals surface area contributed by atoms with Crippen LogP contribution in [0.25, 0.3) is 11.4 Å². The second-order valence-electron chi connectivity index (χ2n) is 7.66. The molecule has 0 atom stereocenters. The molecule has 1 saturated heterocycles. The molecular weight excluding hydrogens is 446 g/mol. The summed E-state index contributed by atoms with van der Waals surface area (Å²) >= 11 is 1.68. The van der Waals surface area contributed by atoms with Crippen molar-refractivity contribution in [2.24, 2.45) is 7.05 Å². The molecule has 4 rings (SSSR count). The SMILES string of the molecule is Cc1ccc(S(=O)(=O)Nc2ccc(-c3nnc(SCCN4CCOCC4)n3C)cc2)cc1. The van der Waals surface area contributed by atoms with Crippen LogP contribution in [0.2, 0.25) is 0 Å². The van der Waals surface area contributed by atoms with Crippen LogP contribution in [0.1, 0.15) is 5.56 Å². The Balaban J connectivity index is 1.39. The lowest BCUT2D eigenvalue weighted by atomic mass is 10.2. The molecule has 3 aromatic rings. The van der Waals surface area contributed by atoms with Crippen LogP contribution in [0, 0.1) is 6.92 Å². The molecule has 0 unspecified atom stereocenters. The van der Waals surface area contributed by atoms with Gasteiger partial charge in [-0.05, 0) is 43.3 Å². The van der Waals surface area contributed by atoms with Gasteiger partial charge in [-0.15, -0.1) is 10.2 Å². The number of ether oxygens (including phenoxy) is 1. The molecule has 1 aromatic heterocycles. The van der Waals surface area contributed by atoms with Gasteiger partial charge in [0.05, 0.1) is 18.1 Å². The van der Waals surface area contributed by atoms with E-state index in [1.54, 1.807) is 48.2 Å². The van der Waals surface area contributed by atoms with Crippen LogP contribution < -0.4 is 4.72 Å². The first-order valence-corrected chi connectivity index (χ1v) is 12.9. The number of aromatic nitrogens is 3. The highest BCUT2D eigenvalue weighted by Crippen LogP contribution is 2.25. The van der Waals surface area contributed by atoms with E-state index in [2.05, 4.69) is 19.8 Å². The Morgan fingerprint density at radius 2 is 1.72 bits per heavy atom. The Morgan fingerprint density at radius 1 is 1.03 bits per heavy atom. The van der Waals surface area contributed by atoms with Gasteiger partial charge in [0, 0.05) is 43.7 Å². The van der Waals surface area contributed by atoms with E-state index >= 15 is 0 Å². The number of anilines is 1. The van der Waals surface area contributed by atoms with Crippen LogP contribution in [0.3, 0.4) is 0 Å². The Bertz CT molecular complexity index is 1140. The Morgan fingerprint density at radius 3 is 2.41 bits per heavy atom. The molecule has 10 heteroatoms. The smallest absolute Gasteiger partial charge is 0.261 e. The van der Waals surface area contributed by atoms with E-state index in [0.29, 0.717) is 5.69 Å². The molecule has 1 aliphatic rings. The molecule has 32 heavy (non-hydrogen) atoms. The van der Waals surface area contributed by atoms with Gasteiger partial charge in [0.1, 0.15) is 0 Å².